The molecular weight excluding hydrogens is 441 g/mol. The minimum atomic E-state index is 0.0939. The van der Waals surface area contributed by atoms with Crippen molar-refractivity contribution in [1.82, 2.24) is 10.1 Å². The van der Waals surface area contributed by atoms with Crippen molar-refractivity contribution >= 4 is 34.2 Å². The lowest BCUT2D eigenvalue weighted by molar-refractivity contribution is -0.118. The maximum atomic E-state index is 12.7. The second-order valence-electron chi connectivity index (χ2n) is 6.46. The van der Waals surface area contributed by atoms with Gasteiger partial charge in [-0.25, -0.2) is 0 Å². The second kappa shape index (κ2) is 7.19. The van der Waals surface area contributed by atoms with Crippen LogP contribution < -0.4 is 4.90 Å². The lowest BCUT2D eigenvalue weighted by Crippen LogP contribution is -2.35. The molecule has 6 heteroatoms. The summed E-state index contributed by atoms with van der Waals surface area (Å²) in [5.41, 5.74) is 3.16. The summed E-state index contributed by atoms with van der Waals surface area (Å²) >= 11 is 2.26. The summed E-state index contributed by atoms with van der Waals surface area (Å²) in [6, 6.07) is 16.2. The minimum Gasteiger partial charge on any atom is -0.339 e. The van der Waals surface area contributed by atoms with E-state index in [0.29, 0.717) is 24.6 Å². The van der Waals surface area contributed by atoms with Crippen molar-refractivity contribution in [2.45, 2.75) is 32.2 Å². The molecule has 26 heavy (non-hydrogen) atoms. The Hall–Kier alpha value is -2.22. The van der Waals surface area contributed by atoms with Crippen LogP contribution in [0.5, 0.6) is 0 Å². The Bertz CT molecular complexity index is 936. The number of hydrogen-bond acceptors (Lipinski definition) is 4. The van der Waals surface area contributed by atoms with Gasteiger partial charge in [0, 0.05) is 33.7 Å². The molecule has 1 aromatic heterocycles. The molecule has 1 aliphatic heterocycles. The van der Waals surface area contributed by atoms with Gasteiger partial charge < -0.3 is 9.42 Å². The van der Waals surface area contributed by atoms with E-state index >= 15 is 0 Å². The number of nitrogens with zero attached hydrogens (tertiary/aromatic N) is 3. The molecule has 2 aromatic carbocycles. The first kappa shape index (κ1) is 17.2. The number of para-hydroxylation sites is 1. The second-order valence-corrected chi connectivity index (χ2v) is 7.71. The summed E-state index contributed by atoms with van der Waals surface area (Å²) in [6.07, 6.45) is 1.70. The Balaban J connectivity index is 1.43. The van der Waals surface area contributed by atoms with Gasteiger partial charge in [-0.05, 0) is 59.7 Å². The maximum Gasteiger partial charge on any atom is 0.227 e. The molecule has 1 atom stereocenters. The van der Waals surface area contributed by atoms with Gasteiger partial charge in [-0.3, -0.25) is 4.79 Å². The molecule has 1 unspecified atom stereocenters. The summed E-state index contributed by atoms with van der Waals surface area (Å²) in [5.74, 6) is 1.15. The maximum absolute atomic E-state index is 12.7. The molecule has 0 bridgehead atoms. The third-order valence-electron chi connectivity index (χ3n) is 4.60. The van der Waals surface area contributed by atoms with Crippen molar-refractivity contribution in [2.75, 3.05) is 4.90 Å². The molecule has 3 aromatic rings. The van der Waals surface area contributed by atoms with Crippen molar-refractivity contribution in [3.63, 3.8) is 0 Å². The lowest BCUT2D eigenvalue weighted by atomic mass is 10.1. The molecule has 0 aliphatic carbocycles. The van der Waals surface area contributed by atoms with E-state index in [1.165, 1.54) is 5.56 Å². The predicted octanol–water partition coefficient (Wildman–Crippen LogP) is 4.25. The summed E-state index contributed by atoms with van der Waals surface area (Å²) < 4.78 is 6.48. The lowest BCUT2D eigenvalue weighted by Gasteiger charge is -2.22. The number of anilines is 1. The Morgan fingerprint density at radius 1 is 1.23 bits per heavy atom. The van der Waals surface area contributed by atoms with E-state index < -0.39 is 0 Å². The van der Waals surface area contributed by atoms with Crippen LogP contribution in [-0.4, -0.2) is 22.1 Å². The highest BCUT2D eigenvalue weighted by molar-refractivity contribution is 14.1. The number of rotatable bonds is 4. The van der Waals surface area contributed by atoms with E-state index in [9.17, 15) is 4.79 Å². The first-order valence-corrected chi connectivity index (χ1v) is 9.68. The number of carbonyl (C=O) groups is 1. The van der Waals surface area contributed by atoms with Crippen molar-refractivity contribution in [3.8, 4) is 11.4 Å². The first-order valence-electron chi connectivity index (χ1n) is 8.60. The molecule has 0 saturated carbocycles. The zero-order valence-corrected chi connectivity index (χ0v) is 16.5. The number of aryl methyl sites for hydroxylation is 1. The van der Waals surface area contributed by atoms with Crippen LogP contribution in [0.2, 0.25) is 0 Å². The molecule has 0 radical (unpaired) electrons. The number of benzene rings is 2. The average Bonchev–Trinajstić information content (AvgIpc) is 3.24. The van der Waals surface area contributed by atoms with Crippen LogP contribution in [0.3, 0.4) is 0 Å². The number of hydrogen-bond donors (Lipinski definition) is 0. The van der Waals surface area contributed by atoms with Gasteiger partial charge in [0.15, 0.2) is 0 Å². The standard InChI is InChI=1S/C20H18IN3O2/c1-13-12-15-4-2-3-5-17(15)24(13)19(25)11-10-18-22-20(23-26-18)14-6-8-16(21)9-7-14/h2-9,13H,10-12H2,1H3. The van der Waals surface area contributed by atoms with Crippen LogP contribution in [0.1, 0.15) is 24.8 Å². The molecule has 1 aliphatic rings. The van der Waals surface area contributed by atoms with E-state index in [1.807, 2.05) is 47.4 Å². The van der Waals surface area contributed by atoms with Gasteiger partial charge in [0.25, 0.3) is 0 Å². The summed E-state index contributed by atoms with van der Waals surface area (Å²) in [7, 11) is 0. The van der Waals surface area contributed by atoms with E-state index in [0.717, 1.165) is 21.2 Å². The average molecular weight is 459 g/mol. The van der Waals surface area contributed by atoms with Crippen LogP contribution in [0, 0.1) is 3.57 Å². The van der Waals surface area contributed by atoms with Gasteiger partial charge in [0.2, 0.25) is 17.6 Å². The molecule has 1 amide bonds. The molecule has 0 saturated heterocycles. The van der Waals surface area contributed by atoms with Gasteiger partial charge in [-0.2, -0.15) is 4.98 Å². The van der Waals surface area contributed by atoms with Crippen LogP contribution >= 0.6 is 22.6 Å². The number of aromatic nitrogens is 2. The van der Waals surface area contributed by atoms with Gasteiger partial charge >= 0.3 is 0 Å². The zero-order valence-electron chi connectivity index (χ0n) is 14.4. The molecule has 0 fully saturated rings. The fourth-order valence-corrected chi connectivity index (χ4v) is 3.71. The van der Waals surface area contributed by atoms with Crippen LogP contribution in [0.4, 0.5) is 5.69 Å². The van der Waals surface area contributed by atoms with E-state index in [4.69, 9.17) is 4.52 Å². The van der Waals surface area contributed by atoms with E-state index in [-0.39, 0.29) is 11.9 Å². The zero-order chi connectivity index (χ0) is 18.1. The molecular formula is C20H18IN3O2. The number of halogens is 1. The number of amides is 1. The van der Waals surface area contributed by atoms with E-state index in [1.54, 1.807) is 0 Å². The predicted molar refractivity (Wildman–Crippen MR) is 108 cm³/mol. The van der Waals surface area contributed by atoms with Gasteiger partial charge in [-0.1, -0.05) is 35.5 Å². The molecule has 0 N–H and O–H groups in total. The Morgan fingerprint density at radius 2 is 2.00 bits per heavy atom. The van der Waals surface area contributed by atoms with Crippen LogP contribution in [-0.2, 0) is 17.6 Å². The SMILES string of the molecule is CC1Cc2ccccc2N1C(=O)CCc1nc(-c2ccc(I)cc2)no1. The Kier molecular flexibility index (Phi) is 4.76. The summed E-state index contributed by atoms with van der Waals surface area (Å²) in [6.45, 7) is 2.08. The van der Waals surface area contributed by atoms with Crippen molar-refractivity contribution in [1.29, 1.82) is 0 Å². The molecule has 4 rings (SSSR count). The Labute approximate surface area is 165 Å². The Morgan fingerprint density at radius 3 is 2.81 bits per heavy atom. The molecule has 2 heterocycles. The highest BCUT2D eigenvalue weighted by Gasteiger charge is 2.30. The van der Waals surface area contributed by atoms with Crippen LogP contribution in [0.25, 0.3) is 11.4 Å². The van der Waals surface area contributed by atoms with Crippen molar-refractivity contribution < 1.29 is 9.32 Å². The van der Waals surface area contributed by atoms with Crippen LogP contribution in [0.15, 0.2) is 53.1 Å². The molecule has 132 valence electrons. The molecule has 5 nitrogen and oxygen atoms in total. The van der Waals surface area contributed by atoms with Gasteiger partial charge in [0.05, 0.1) is 0 Å². The fourth-order valence-electron chi connectivity index (χ4n) is 3.35. The highest BCUT2D eigenvalue weighted by atomic mass is 127. The highest BCUT2D eigenvalue weighted by Crippen LogP contribution is 2.32. The third kappa shape index (κ3) is 3.38. The largest absolute Gasteiger partial charge is 0.339 e. The third-order valence-corrected chi connectivity index (χ3v) is 5.32. The summed E-state index contributed by atoms with van der Waals surface area (Å²) in [5, 5.41) is 4.03. The fraction of sp³-hybridized carbons (Fsp3) is 0.250. The monoisotopic (exact) mass is 459 g/mol. The first-order chi connectivity index (χ1) is 12.6. The van der Waals surface area contributed by atoms with Crippen molar-refractivity contribution in [3.05, 3.63) is 63.6 Å². The minimum absolute atomic E-state index is 0.0939. The van der Waals surface area contributed by atoms with Crippen molar-refractivity contribution in [2.24, 2.45) is 0 Å². The van der Waals surface area contributed by atoms with Gasteiger partial charge in [0.1, 0.15) is 0 Å². The number of fused-ring (bicyclic) bond motifs is 1. The smallest absolute Gasteiger partial charge is 0.227 e. The molecule has 0 spiro atoms. The van der Waals surface area contributed by atoms with Gasteiger partial charge in [-0.15, -0.1) is 0 Å². The summed E-state index contributed by atoms with van der Waals surface area (Å²) in [4.78, 5) is 19.1. The topological polar surface area (TPSA) is 59.2 Å². The number of carbonyl (C=O) groups excluding carboxylic acids is 1. The van der Waals surface area contributed by atoms with E-state index in [2.05, 4.69) is 45.7 Å². The normalized spacial score (nSPS) is 15.9. The quantitative estimate of drug-likeness (QED) is 0.548.